The fraction of sp³-hybridized carbons (Fsp3) is 0. The van der Waals surface area contributed by atoms with E-state index in [1.54, 1.807) is 0 Å². The van der Waals surface area contributed by atoms with Gasteiger partial charge in [0.2, 0.25) is 0 Å². The van der Waals surface area contributed by atoms with Crippen LogP contribution < -0.4 is 88.4 Å². The Morgan fingerprint density at radius 1 is 0.183 bits per heavy atom. The summed E-state index contributed by atoms with van der Waals surface area (Å²) >= 11 is 0. The molecule has 2 aliphatic rings. The summed E-state index contributed by atoms with van der Waals surface area (Å²) in [5.41, 5.74) is 16.3. The van der Waals surface area contributed by atoms with E-state index in [-0.39, 0.29) is 6.71 Å². The Morgan fingerprint density at radius 3 is 0.817 bits per heavy atom. The Morgan fingerprint density at radius 2 is 0.459 bits per heavy atom. The van der Waals surface area contributed by atoms with Gasteiger partial charge in [-0.1, -0.05) is 376 Å². The van der Waals surface area contributed by atoms with E-state index >= 15 is 0 Å². The molecule has 18 aromatic rings. The van der Waals surface area contributed by atoms with Crippen molar-refractivity contribution < 1.29 is 0 Å². The van der Waals surface area contributed by atoms with Crippen LogP contribution in [0.25, 0.3) is 38.6 Å². The Kier molecular flexibility index (Phi) is 16.4. The normalized spacial score (nSPS) is 12.5. The minimum atomic E-state index is -3.10. The molecule has 0 saturated carbocycles. The molecule has 0 radical (unpaired) electrons. The van der Waals surface area contributed by atoms with Crippen LogP contribution in [0.2, 0.25) is 0 Å². The lowest BCUT2D eigenvalue weighted by Crippen LogP contribution is -2.75. The summed E-state index contributed by atoms with van der Waals surface area (Å²) < 4.78 is 2.43. The fourth-order valence-electron chi connectivity index (χ4n) is 18.8. The van der Waals surface area contributed by atoms with Crippen molar-refractivity contribution >= 4 is 165 Å². The van der Waals surface area contributed by atoms with Gasteiger partial charge >= 0.3 is 0 Å². The Labute approximate surface area is 641 Å². The molecule has 512 valence electrons. The lowest BCUT2D eigenvalue weighted by molar-refractivity contribution is 1.18. The van der Waals surface area contributed by atoms with Crippen molar-refractivity contribution in [3.8, 4) is 16.8 Å². The van der Waals surface area contributed by atoms with E-state index in [4.69, 9.17) is 0 Å². The lowest BCUT2D eigenvalue weighted by Gasteiger charge is -2.45. The van der Waals surface area contributed by atoms with Gasteiger partial charge < -0.3 is 14.4 Å². The van der Waals surface area contributed by atoms with Crippen LogP contribution in [0.1, 0.15) is 0 Å². The van der Waals surface area contributed by atoms with Crippen LogP contribution in [0, 0.1) is 0 Å². The number of rotatable bonds is 16. The third-order valence-electron chi connectivity index (χ3n) is 23.4. The summed E-state index contributed by atoms with van der Waals surface area (Å²) in [6, 6.07) is 171. The van der Waals surface area contributed by atoms with E-state index in [0.717, 1.165) is 50.9 Å². The molecule has 0 unspecified atom stereocenters. The summed E-state index contributed by atoms with van der Waals surface area (Å²) in [6.45, 7) is -0.188. The van der Waals surface area contributed by atoms with Gasteiger partial charge in [0.1, 0.15) is 0 Å². The number of anilines is 6. The van der Waals surface area contributed by atoms with Crippen molar-refractivity contribution in [3.63, 3.8) is 0 Å². The van der Waals surface area contributed by atoms with E-state index in [0.29, 0.717) is 0 Å². The first-order valence-corrected chi connectivity index (χ1v) is 43.9. The van der Waals surface area contributed by atoms with Crippen LogP contribution in [-0.2, 0) is 0 Å². The molecule has 2 aliphatic heterocycles. The molecule has 0 amide bonds. The predicted octanol–water partition coefficient (Wildman–Crippen LogP) is 14.7. The highest BCUT2D eigenvalue weighted by molar-refractivity contribution is 7.21. The van der Waals surface area contributed by atoms with Crippen LogP contribution in [0.15, 0.2) is 449 Å². The smallest absolute Gasteiger partial charge is 0.252 e. The van der Waals surface area contributed by atoms with Crippen molar-refractivity contribution in [2.45, 2.75) is 0 Å². The van der Waals surface area contributed by atoms with Crippen LogP contribution in [0.5, 0.6) is 0 Å². The molecule has 0 fully saturated rings. The molecule has 0 atom stereocenters. The molecule has 0 N–H and O–H groups in total. The third kappa shape index (κ3) is 10.5. The fourth-order valence-corrected chi connectivity index (χ4v) is 33.1. The zero-order valence-electron chi connectivity index (χ0n) is 60.1. The van der Waals surface area contributed by atoms with Gasteiger partial charge in [0, 0.05) is 50.6 Å². The first-order valence-electron chi connectivity index (χ1n) is 37.9. The number of hydrogen-bond acceptors (Lipinski definition) is 2. The van der Waals surface area contributed by atoms with Gasteiger partial charge in [-0.15, -0.1) is 0 Å². The first kappa shape index (κ1) is 65.4. The number of fused-ring (bicyclic) bond motifs is 7. The van der Waals surface area contributed by atoms with E-state index < -0.39 is 24.2 Å². The molecule has 0 saturated heterocycles. The summed E-state index contributed by atoms with van der Waals surface area (Å²) in [7, 11) is -8.96. The number of aromatic nitrogens is 1. The van der Waals surface area contributed by atoms with Crippen LogP contribution in [-0.4, -0.2) is 35.5 Å². The Bertz CT molecular complexity index is 5960. The van der Waals surface area contributed by atoms with E-state index in [1.165, 1.54) is 100 Å². The lowest BCUT2D eigenvalue weighted by atomic mass is 9.33. The maximum Gasteiger partial charge on any atom is 0.252 e. The molecular formula is C102H74BN3Si3. The standard InChI is InChI=1S/C102H74BN3Si3/c1-10-34-80(35-11-1)107(81-36-12-2-13-37-81,82-38-14-3-15-39-82)89-66-62-78(63-67-89)105-98-57-33-30-54-94(98)103-95-74-91(109(86-46-22-7-23-47-86,87-48-24-8-25-49-87)88-50-26-9-27-51-88)70-71-99(95)106(79-64-68-90(69-65-79)108(83-40-16-4-17-41-83,84-42-18-5-19-43-84)85-44-20-6-21-45-85)101-73-76(72-100(105)102(101)103)75-58-60-77(61-59-75)104-96-55-31-28-52-92(96)93-53-29-32-56-97(93)104/h1-74H. The van der Waals surface area contributed by atoms with Crippen LogP contribution >= 0.6 is 0 Å². The second kappa shape index (κ2) is 27.3. The maximum atomic E-state index is 2.66. The van der Waals surface area contributed by atoms with Gasteiger partial charge in [-0.2, -0.15) is 0 Å². The first-order chi connectivity index (χ1) is 54.1. The molecule has 109 heavy (non-hydrogen) atoms. The second-order valence-corrected chi connectivity index (χ2v) is 40.3. The van der Waals surface area contributed by atoms with Gasteiger partial charge in [0.15, 0.2) is 24.2 Å². The van der Waals surface area contributed by atoms with Gasteiger partial charge in [-0.05, 0) is 163 Å². The van der Waals surface area contributed by atoms with Crippen molar-refractivity contribution in [2.75, 3.05) is 9.80 Å². The summed E-state index contributed by atoms with van der Waals surface area (Å²) in [6.07, 6.45) is 0. The number of para-hydroxylation sites is 3. The maximum absolute atomic E-state index is 3.10. The third-order valence-corrected chi connectivity index (χ3v) is 37.8. The molecule has 3 heterocycles. The highest BCUT2D eigenvalue weighted by Crippen LogP contribution is 2.46. The molecule has 0 spiro atoms. The molecule has 0 aliphatic carbocycles. The quantitative estimate of drug-likeness (QED) is 0.0706. The SMILES string of the molecule is c1ccc([Si](c2ccccc2)(c2ccccc2)c2ccc(N3c4ccccc4B4c5cc([Si](c6ccccc6)(c6ccccc6)c6ccccc6)ccc5N(c5ccc([Si](c6ccccc6)(c6ccccc6)c6ccccc6)cc5)c5cc(-c6ccc(-n7c8ccccc8c8ccccc87)cc6)cc3c54)cc2)cc1. The number of hydrogen-bond donors (Lipinski definition) is 0. The van der Waals surface area contributed by atoms with Crippen molar-refractivity contribution in [1.29, 1.82) is 0 Å². The topological polar surface area (TPSA) is 11.4 Å². The number of nitrogens with zero attached hydrogens (tertiary/aromatic N) is 3. The van der Waals surface area contributed by atoms with E-state index in [9.17, 15) is 0 Å². The zero-order valence-corrected chi connectivity index (χ0v) is 63.1. The van der Waals surface area contributed by atoms with Crippen LogP contribution in [0.4, 0.5) is 34.1 Å². The minimum Gasteiger partial charge on any atom is -0.311 e. The Hall–Kier alpha value is -13.1. The van der Waals surface area contributed by atoms with Gasteiger partial charge in [-0.3, -0.25) is 0 Å². The zero-order chi connectivity index (χ0) is 72.3. The second-order valence-electron chi connectivity index (χ2n) is 28.9. The monoisotopic (exact) mass is 1440 g/mol. The molecular weight excluding hydrogens is 1360 g/mol. The van der Waals surface area contributed by atoms with E-state index in [2.05, 4.69) is 463 Å². The average Bonchev–Trinajstić information content (AvgIpc) is 1.25. The average molecular weight is 1440 g/mol. The largest absolute Gasteiger partial charge is 0.311 e. The highest BCUT2D eigenvalue weighted by Gasteiger charge is 2.49. The number of benzene rings is 17. The summed E-state index contributed by atoms with van der Waals surface area (Å²) in [5.74, 6) is 0. The van der Waals surface area contributed by atoms with Gasteiger partial charge in [0.05, 0.1) is 11.0 Å². The summed E-state index contributed by atoms with van der Waals surface area (Å²) in [4.78, 5) is 5.24. The minimum absolute atomic E-state index is 0.188. The van der Waals surface area contributed by atoms with Gasteiger partial charge in [0.25, 0.3) is 6.71 Å². The van der Waals surface area contributed by atoms with E-state index in [1.807, 2.05) is 0 Å². The van der Waals surface area contributed by atoms with Crippen LogP contribution in [0.3, 0.4) is 0 Å². The molecule has 0 bridgehead atoms. The molecule has 7 heteroatoms. The van der Waals surface area contributed by atoms with Crippen molar-refractivity contribution in [1.82, 2.24) is 4.57 Å². The molecule has 1 aromatic heterocycles. The van der Waals surface area contributed by atoms with Crippen molar-refractivity contribution in [2.24, 2.45) is 0 Å². The molecule has 20 rings (SSSR count). The summed E-state index contributed by atoms with van der Waals surface area (Å²) in [5, 5.41) is 18.5. The predicted molar refractivity (Wildman–Crippen MR) is 471 cm³/mol. The van der Waals surface area contributed by atoms with Crippen molar-refractivity contribution in [3.05, 3.63) is 449 Å². The molecule has 17 aromatic carbocycles. The Balaban J connectivity index is 0.862. The highest BCUT2D eigenvalue weighted by atomic mass is 28.3. The molecule has 3 nitrogen and oxygen atoms in total. The van der Waals surface area contributed by atoms with Gasteiger partial charge in [-0.25, -0.2) is 0 Å².